The van der Waals surface area contributed by atoms with E-state index in [4.69, 9.17) is 0 Å². The number of carbonyl (C=O) groups is 1. The molecule has 7 nitrogen and oxygen atoms in total. The van der Waals surface area contributed by atoms with Crippen LogP contribution in [0, 0.1) is 0 Å². The summed E-state index contributed by atoms with van der Waals surface area (Å²) in [5.74, 6) is 1.41. The Morgan fingerprint density at radius 1 is 1.29 bits per heavy atom. The van der Waals surface area contributed by atoms with Crippen LogP contribution in [0.2, 0.25) is 0 Å². The summed E-state index contributed by atoms with van der Waals surface area (Å²) in [5.41, 5.74) is 0. The Kier molecular flexibility index (Phi) is 7.77. The van der Waals surface area contributed by atoms with E-state index in [-0.39, 0.29) is 18.2 Å². The number of rotatable bonds is 6. The maximum Gasteiger partial charge on any atom is 0.243 e. The zero-order chi connectivity index (χ0) is 20.8. The molecule has 1 aromatic carbocycles. The molecule has 2 rings (SSSR count). The zero-order valence-corrected chi connectivity index (χ0v) is 18.6. The molecule has 156 valence electrons. The lowest BCUT2D eigenvalue weighted by atomic mass is 10.2. The standard InChI is InChI=1S/C19H30N4O3S2/c1-19(2)15-23(11-13-28(19,25)26)18(21-14-17(24)22(3)4)20-10-12-27-16-8-6-5-7-9-16/h5-9H,10-15H2,1-4H3,(H,20,21). The number of benzene rings is 1. The highest BCUT2D eigenvalue weighted by Crippen LogP contribution is 2.23. The molecule has 1 saturated heterocycles. The van der Waals surface area contributed by atoms with Crippen molar-refractivity contribution in [2.75, 3.05) is 51.8 Å². The van der Waals surface area contributed by atoms with Crippen molar-refractivity contribution in [3.63, 3.8) is 0 Å². The van der Waals surface area contributed by atoms with Crippen molar-refractivity contribution in [3.8, 4) is 0 Å². The summed E-state index contributed by atoms with van der Waals surface area (Å²) in [6, 6.07) is 10.1. The Morgan fingerprint density at radius 3 is 2.57 bits per heavy atom. The van der Waals surface area contributed by atoms with Crippen LogP contribution in [0.25, 0.3) is 0 Å². The summed E-state index contributed by atoms with van der Waals surface area (Å²) in [6.45, 7) is 4.90. The number of amides is 1. The summed E-state index contributed by atoms with van der Waals surface area (Å²) >= 11 is 1.73. The van der Waals surface area contributed by atoms with Gasteiger partial charge in [0.1, 0.15) is 6.54 Å². The maximum absolute atomic E-state index is 12.3. The third-order valence-electron chi connectivity index (χ3n) is 4.60. The molecule has 1 fully saturated rings. The molecule has 1 heterocycles. The number of nitrogens with zero attached hydrogens (tertiary/aromatic N) is 3. The van der Waals surface area contributed by atoms with E-state index in [1.807, 2.05) is 23.1 Å². The van der Waals surface area contributed by atoms with E-state index in [1.165, 1.54) is 9.80 Å². The van der Waals surface area contributed by atoms with E-state index in [1.54, 1.807) is 39.7 Å². The van der Waals surface area contributed by atoms with Crippen LogP contribution >= 0.6 is 11.8 Å². The molecular formula is C19H30N4O3S2. The number of aliphatic imine (C=N–C) groups is 1. The normalized spacial score (nSPS) is 18.6. The number of thioether (sulfide) groups is 1. The van der Waals surface area contributed by atoms with Crippen LogP contribution < -0.4 is 5.32 Å². The van der Waals surface area contributed by atoms with Crippen molar-refractivity contribution < 1.29 is 13.2 Å². The van der Waals surface area contributed by atoms with Gasteiger partial charge in [-0.1, -0.05) is 18.2 Å². The van der Waals surface area contributed by atoms with E-state index in [2.05, 4.69) is 22.4 Å². The van der Waals surface area contributed by atoms with Crippen LogP contribution in [0.5, 0.6) is 0 Å². The first-order valence-corrected chi connectivity index (χ1v) is 11.9. The molecule has 1 aliphatic heterocycles. The predicted octanol–water partition coefficient (Wildman–Crippen LogP) is 1.32. The van der Waals surface area contributed by atoms with Gasteiger partial charge in [-0.3, -0.25) is 4.79 Å². The molecule has 0 atom stereocenters. The highest BCUT2D eigenvalue weighted by atomic mass is 32.2. The number of hydrogen-bond donors (Lipinski definition) is 1. The van der Waals surface area contributed by atoms with Gasteiger partial charge in [0.15, 0.2) is 15.8 Å². The second-order valence-electron chi connectivity index (χ2n) is 7.52. The molecule has 0 aliphatic carbocycles. The van der Waals surface area contributed by atoms with Gasteiger partial charge in [-0.2, -0.15) is 0 Å². The summed E-state index contributed by atoms with van der Waals surface area (Å²) in [7, 11) is 0.248. The molecule has 28 heavy (non-hydrogen) atoms. The SMILES string of the molecule is CN(C)C(=O)CN=C(NCCSc1ccccc1)N1CCS(=O)(=O)C(C)(C)C1. The van der Waals surface area contributed by atoms with Gasteiger partial charge in [0.2, 0.25) is 5.91 Å². The largest absolute Gasteiger partial charge is 0.355 e. The number of nitrogens with one attached hydrogen (secondary N) is 1. The quantitative estimate of drug-likeness (QED) is 0.320. The van der Waals surface area contributed by atoms with Crippen molar-refractivity contribution in [2.45, 2.75) is 23.5 Å². The van der Waals surface area contributed by atoms with Gasteiger partial charge in [0.05, 0.1) is 10.5 Å². The third kappa shape index (κ3) is 6.13. The summed E-state index contributed by atoms with van der Waals surface area (Å²) < 4.78 is 23.7. The van der Waals surface area contributed by atoms with Crippen molar-refractivity contribution in [2.24, 2.45) is 4.99 Å². The fourth-order valence-electron chi connectivity index (χ4n) is 2.72. The molecule has 0 spiro atoms. The third-order valence-corrected chi connectivity index (χ3v) is 8.15. The first-order chi connectivity index (χ1) is 13.1. The van der Waals surface area contributed by atoms with Gasteiger partial charge in [0.25, 0.3) is 0 Å². The molecular weight excluding hydrogens is 396 g/mol. The second kappa shape index (κ2) is 9.65. The lowest BCUT2D eigenvalue weighted by Gasteiger charge is -2.39. The smallest absolute Gasteiger partial charge is 0.243 e. The van der Waals surface area contributed by atoms with Crippen molar-refractivity contribution in [1.82, 2.24) is 15.1 Å². The van der Waals surface area contributed by atoms with E-state index in [0.717, 1.165) is 5.75 Å². The fourth-order valence-corrected chi connectivity index (χ4v) is 4.88. The van der Waals surface area contributed by atoms with Crippen molar-refractivity contribution in [3.05, 3.63) is 30.3 Å². The molecule has 9 heteroatoms. The minimum Gasteiger partial charge on any atom is -0.355 e. The van der Waals surface area contributed by atoms with Crippen molar-refractivity contribution >= 4 is 33.5 Å². The van der Waals surface area contributed by atoms with Crippen LogP contribution in [-0.2, 0) is 14.6 Å². The van der Waals surface area contributed by atoms with Gasteiger partial charge in [-0.05, 0) is 26.0 Å². The van der Waals surface area contributed by atoms with Gasteiger partial charge in [-0.25, -0.2) is 13.4 Å². The van der Waals surface area contributed by atoms with E-state index < -0.39 is 14.6 Å². The number of carbonyl (C=O) groups excluding carboxylic acids is 1. The van der Waals surface area contributed by atoms with Gasteiger partial charge < -0.3 is 15.1 Å². The molecule has 0 saturated carbocycles. The first kappa shape index (κ1) is 22.5. The lowest BCUT2D eigenvalue weighted by Crippen LogP contribution is -2.57. The van der Waals surface area contributed by atoms with Crippen LogP contribution in [0.3, 0.4) is 0 Å². The minimum absolute atomic E-state index is 0.0326. The Labute approximate surface area is 172 Å². The van der Waals surface area contributed by atoms with Crippen LogP contribution in [0.4, 0.5) is 0 Å². The summed E-state index contributed by atoms with van der Waals surface area (Å²) in [6.07, 6.45) is 0. The van der Waals surface area contributed by atoms with Gasteiger partial charge in [0, 0.05) is 44.4 Å². The van der Waals surface area contributed by atoms with Crippen molar-refractivity contribution in [1.29, 1.82) is 0 Å². The molecule has 1 aromatic rings. The second-order valence-corrected chi connectivity index (χ2v) is 11.4. The highest BCUT2D eigenvalue weighted by Gasteiger charge is 2.41. The van der Waals surface area contributed by atoms with E-state index in [0.29, 0.717) is 25.6 Å². The van der Waals surface area contributed by atoms with Crippen LogP contribution in [0.15, 0.2) is 40.2 Å². The van der Waals surface area contributed by atoms with Crippen LogP contribution in [0.1, 0.15) is 13.8 Å². The zero-order valence-electron chi connectivity index (χ0n) is 17.0. The van der Waals surface area contributed by atoms with E-state index in [9.17, 15) is 13.2 Å². The maximum atomic E-state index is 12.3. The molecule has 0 bridgehead atoms. The molecule has 0 aromatic heterocycles. The Morgan fingerprint density at radius 2 is 1.96 bits per heavy atom. The number of sulfone groups is 1. The highest BCUT2D eigenvalue weighted by molar-refractivity contribution is 7.99. The Bertz CT molecular complexity index is 793. The first-order valence-electron chi connectivity index (χ1n) is 9.26. The number of likely N-dealkylation sites (N-methyl/N-ethyl adjacent to an activating group) is 1. The monoisotopic (exact) mass is 426 g/mol. The topological polar surface area (TPSA) is 82.1 Å². The summed E-state index contributed by atoms with van der Waals surface area (Å²) in [5, 5.41) is 3.31. The average Bonchev–Trinajstić information content (AvgIpc) is 2.64. The molecule has 1 N–H and O–H groups in total. The summed E-state index contributed by atoms with van der Waals surface area (Å²) in [4.78, 5) is 21.0. The molecule has 1 amide bonds. The fraction of sp³-hybridized carbons (Fsp3) is 0.579. The molecule has 0 radical (unpaired) electrons. The molecule has 0 unspecified atom stereocenters. The Hall–Kier alpha value is -1.74. The van der Waals surface area contributed by atoms with Crippen LogP contribution in [-0.4, -0.2) is 86.6 Å². The number of hydrogen-bond acceptors (Lipinski definition) is 5. The molecule has 1 aliphatic rings. The number of guanidine groups is 1. The van der Waals surface area contributed by atoms with Gasteiger partial charge in [-0.15, -0.1) is 11.8 Å². The van der Waals surface area contributed by atoms with Gasteiger partial charge >= 0.3 is 0 Å². The Balaban J connectivity index is 2.02. The van der Waals surface area contributed by atoms with E-state index >= 15 is 0 Å². The average molecular weight is 427 g/mol. The lowest BCUT2D eigenvalue weighted by molar-refractivity contribution is -0.127. The minimum atomic E-state index is -3.14. The predicted molar refractivity (Wildman–Crippen MR) is 116 cm³/mol.